The first-order valence-corrected chi connectivity index (χ1v) is 15.4. The van der Waals surface area contributed by atoms with Gasteiger partial charge in [-0.2, -0.15) is 0 Å². The molecule has 0 saturated heterocycles. The molecule has 46 heavy (non-hydrogen) atoms. The lowest BCUT2D eigenvalue weighted by Crippen LogP contribution is -2.14. The van der Waals surface area contributed by atoms with Gasteiger partial charge in [0, 0.05) is 0 Å². The molecule has 0 aliphatic carbocycles. The number of carboxylic acid groups (broad SMARTS) is 3. The summed E-state index contributed by atoms with van der Waals surface area (Å²) in [6.07, 6.45) is 6.69. The van der Waals surface area contributed by atoms with Gasteiger partial charge in [-0.1, -0.05) is 92.2 Å². The van der Waals surface area contributed by atoms with Crippen LogP contribution in [0.1, 0.15) is 103 Å². The third-order valence-electron chi connectivity index (χ3n) is 7.44. The molecular weight excluding hydrogens is 584 g/mol. The Balaban J connectivity index is 0.000000250. The van der Waals surface area contributed by atoms with Crippen molar-refractivity contribution in [1.82, 2.24) is 0 Å². The monoisotopic (exact) mass is 624 g/mol. The number of ether oxygens (including phenoxy) is 1. The maximum Gasteiger partial charge on any atom is 0.339 e. The second-order valence-corrected chi connectivity index (χ2v) is 10.8. The van der Waals surface area contributed by atoms with Crippen LogP contribution in [0.5, 0.6) is 0 Å². The lowest BCUT2D eigenvalue weighted by atomic mass is 9.89. The highest BCUT2D eigenvalue weighted by atomic mass is 16.5. The number of hydrogen-bond acceptors (Lipinski definition) is 5. The van der Waals surface area contributed by atoms with E-state index in [-0.39, 0.29) is 22.3 Å². The summed E-state index contributed by atoms with van der Waals surface area (Å²) in [5, 5.41) is 27.9. The molecule has 0 atom stereocenters. The molecule has 8 nitrogen and oxygen atoms in total. The van der Waals surface area contributed by atoms with Crippen molar-refractivity contribution >= 4 is 23.9 Å². The number of carboxylic acids is 3. The second kappa shape index (κ2) is 18.5. The van der Waals surface area contributed by atoms with Crippen molar-refractivity contribution in [1.29, 1.82) is 0 Å². The van der Waals surface area contributed by atoms with Crippen molar-refractivity contribution in [2.45, 2.75) is 58.3 Å². The van der Waals surface area contributed by atoms with E-state index in [4.69, 9.17) is 9.84 Å². The standard InChI is InChI=1S/2C19H20O4/c20-18(21)16-12-6-7-13-17(16)19(22)23-14-8-2-5-11-15-9-3-1-4-10-15;1-2-3-9-15-14(12-13-7-5-4-6-8-13)10-11-16(18(20)21)17(15)19(22)23/h1,3-4,6-7,9-10,12-13H,2,5,8,11,14H2,(H,20,21);4-8,10-11H,2-3,9,12H2,1H3,(H,20,21)(H,22,23). The Kier molecular flexibility index (Phi) is 14.2. The van der Waals surface area contributed by atoms with Gasteiger partial charge in [0.1, 0.15) is 0 Å². The fourth-order valence-corrected chi connectivity index (χ4v) is 5.08. The number of aryl methyl sites for hydroxylation is 1. The molecule has 0 unspecified atom stereocenters. The lowest BCUT2D eigenvalue weighted by molar-refractivity contribution is 0.0487. The average molecular weight is 625 g/mol. The van der Waals surface area contributed by atoms with Crippen LogP contribution < -0.4 is 0 Å². The molecule has 0 aromatic heterocycles. The van der Waals surface area contributed by atoms with Crippen molar-refractivity contribution in [2.24, 2.45) is 0 Å². The number of carbonyl (C=O) groups excluding carboxylic acids is 1. The number of esters is 1. The van der Waals surface area contributed by atoms with Crippen LogP contribution in [0.3, 0.4) is 0 Å². The summed E-state index contributed by atoms with van der Waals surface area (Å²) < 4.78 is 5.17. The maximum absolute atomic E-state index is 11.9. The first kappa shape index (κ1) is 35.2. The highest BCUT2D eigenvalue weighted by molar-refractivity contribution is 6.03. The average Bonchev–Trinajstić information content (AvgIpc) is 3.06. The maximum atomic E-state index is 11.9. The molecule has 0 radical (unpaired) electrons. The zero-order chi connectivity index (χ0) is 33.3. The van der Waals surface area contributed by atoms with Crippen LogP contribution >= 0.6 is 0 Å². The third kappa shape index (κ3) is 10.7. The van der Waals surface area contributed by atoms with Gasteiger partial charge in [-0.3, -0.25) is 0 Å². The van der Waals surface area contributed by atoms with E-state index in [0.29, 0.717) is 25.0 Å². The summed E-state index contributed by atoms with van der Waals surface area (Å²) in [5.41, 5.74) is 3.77. The van der Waals surface area contributed by atoms with E-state index in [9.17, 15) is 29.4 Å². The summed E-state index contributed by atoms with van der Waals surface area (Å²) in [6, 6.07) is 29.2. The minimum Gasteiger partial charge on any atom is -0.478 e. The van der Waals surface area contributed by atoms with Crippen molar-refractivity contribution < 1.29 is 39.2 Å². The van der Waals surface area contributed by atoms with Crippen LogP contribution in [-0.2, 0) is 24.0 Å². The normalized spacial score (nSPS) is 10.4. The Morgan fingerprint density at radius 1 is 0.565 bits per heavy atom. The largest absolute Gasteiger partial charge is 0.478 e. The van der Waals surface area contributed by atoms with Crippen LogP contribution in [0.25, 0.3) is 0 Å². The van der Waals surface area contributed by atoms with E-state index in [1.807, 2.05) is 55.5 Å². The Hall–Kier alpha value is -5.24. The van der Waals surface area contributed by atoms with Gasteiger partial charge in [0.2, 0.25) is 0 Å². The van der Waals surface area contributed by atoms with Crippen molar-refractivity contribution in [3.8, 4) is 0 Å². The zero-order valence-corrected chi connectivity index (χ0v) is 26.0. The van der Waals surface area contributed by atoms with Gasteiger partial charge in [0.15, 0.2) is 0 Å². The number of carbonyl (C=O) groups is 4. The molecule has 0 saturated carbocycles. The fourth-order valence-electron chi connectivity index (χ4n) is 5.08. The van der Waals surface area contributed by atoms with Crippen LogP contribution in [0.4, 0.5) is 0 Å². The molecular formula is C38H40O8. The quantitative estimate of drug-likeness (QED) is 0.0894. The summed E-state index contributed by atoms with van der Waals surface area (Å²) >= 11 is 0. The molecule has 4 aromatic rings. The highest BCUT2D eigenvalue weighted by Crippen LogP contribution is 2.25. The SMILES string of the molecule is CCCCc1c(Cc2ccccc2)ccc(C(=O)O)c1C(=O)O.O=C(O)c1ccccc1C(=O)OCCCCCc1ccccc1. The highest BCUT2D eigenvalue weighted by Gasteiger charge is 2.22. The third-order valence-corrected chi connectivity index (χ3v) is 7.44. The summed E-state index contributed by atoms with van der Waals surface area (Å²) in [5.74, 6) is -4.08. The molecule has 0 bridgehead atoms. The van der Waals surface area contributed by atoms with Crippen LogP contribution in [0.2, 0.25) is 0 Å². The summed E-state index contributed by atoms with van der Waals surface area (Å²) in [6.45, 7) is 2.33. The predicted octanol–water partition coefficient (Wildman–Crippen LogP) is 7.97. The molecule has 8 heteroatoms. The van der Waals surface area contributed by atoms with E-state index in [2.05, 4.69) is 12.1 Å². The molecule has 0 heterocycles. The van der Waals surface area contributed by atoms with Crippen molar-refractivity contribution in [3.63, 3.8) is 0 Å². The van der Waals surface area contributed by atoms with E-state index in [1.165, 1.54) is 23.8 Å². The van der Waals surface area contributed by atoms with E-state index < -0.39 is 23.9 Å². The van der Waals surface area contributed by atoms with Crippen LogP contribution in [0, 0.1) is 0 Å². The first-order chi connectivity index (χ1) is 22.2. The topological polar surface area (TPSA) is 138 Å². The van der Waals surface area contributed by atoms with Gasteiger partial charge in [0.25, 0.3) is 0 Å². The molecule has 4 rings (SSSR count). The molecule has 0 aliphatic heterocycles. The Morgan fingerprint density at radius 3 is 1.74 bits per heavy atom. The van der Waals surface area contributed by atoms with Gasteiger partial charge < -0.3 is 20.1 Å². The molecule has 0 fully saturated rings. The van der Waals surface area contributed by atoms with E-state index in [1.54, 1.807) is 18.2 Å². The minimum atomic E-state index is -1.20. The predicted molar refractivity (Wildman–Crippen MR) is 176 cm³/mol. The number of rotatable bonds is 15. The molecule has 0 spiro atoms. The zero-order valence-electron chi connectivity index (χ0n) is 26.0. The number of aromatic carboxylic acids is 3. The van der Waals surface area contributed by atoms with Gasteiger partial charge in [-0.25, -0.2) is 19.2 Å². The lowest BCUT2D eigenvalue weighted by Gasteiger charge is -2.15. The van der Waals surface area contributed by atoms with Gasteiger partial charge in [-0.15, -0.1) is 0 Å². The van der Waals surface area contributed by atoms with Crippen LogP contribution in [-0.4, -0.2) is 45.8 Å². The Labute approximate surface area is 269 Å². The smallest absolute Gasteiger partial charge is 0.339 e. The van der Waals surface area contributed by atoms with E-state index >= 15 is 0 Å². The number of hydrogen-bond donors (Lipinski definition) is 3. The van der Waals surface area contributed by atoms with E-state index in [0.717, 1.165) is 49.7 Å². The van der Waals surface area contributed by atoms with Gasteiger partial charge >= 0.3 is 23.9 Å². The Morgan fingerprint density at radius 2 is 1.15 bits per heavy atom. The molecule has 4 aromatic carbocycles. The Bertz CT molecular complexity index is 1600. The molecule has 0 aliphatic rings. The second-order valence-electron chi connectivity index (χ2n) is 10.8. The number of unbranched alkanes of at least 4 members (excludes halogenated alkanes) is 3. The van der Waals surface area contributed by atoms with Crippen molar-refractivity contribution in [2.75, 3.05) is 6.61 Å². The minimum absolute atomic E-state index is 0.0263. The number of benzene rings is 4. The van der Waals surface area contributed by atoms with Crippen molar-refractivity contribution in [3.05, 3.63) is 142 Å². The first-order valence-electron chi connectivity index (χ1n) is 15.4. The molecule has 3 N–H and O–H groups in total. The summed E-state index contributed by atoms with van der Waals surface area (Å²) in [4.78, 5) is 46.0. The van der Waals surface area contributed by atoms with Crippen LogP contribution in [0.15, 0.2) is 97.1 Å². The van der Waals surface area contributed by atoms with Gasteiger partial charge in [-0.05, 0) is 85.4 Å². The molecule has 0 amide bonds. The fraction of sp³-hybridized carbons (Fsp3) is 0.263. The van der Waals surface area contributed by atoms with Gasteiger partial charge in [0.05, 0.1) is 28.9 Å². The summed E-state index contributed by atoms with van der Waals surface area (Å²) in [7, 11) is 0. The molecule has 240 valence electrons.